The Hall–Kier alpha value is -4.54. The maximum Gasteiger partial charge on any atom is 0.418 e. The molecular weight excluding hydrogens is 493 g/mol. The molecule has 0 aliphatic heterocycles. The summed E-state index contributed by atoms with van der Waals surface area (Å²) in [4.78, 5) is 35.9. The molecule has 0 saturated heterocycles. The number of amides is 2. The molecule has 0 aliphatic rings. The molecule has 0 aromatic heterocycles. The fourth-order valence-electron chi connectivity index (χ4n) is 3.07. The highest BCUT2D eigenvalue weighted by Crippen LogP contribution is 2.34. The predicted octanol–water partition coefficient (Wildman–Crippen LogP) is 5.41. The molecular formula is C26H23F3N2O6. The molecule has 0 bridgehead atoms. The summed E-state index contributed by atoms with van der Waals surface area (Å²) in [7, 11) is 1.57. The van der Waals surface area contributed by atoms with Gasteiger partial charge in [0.15, 0.2) is 6.61 Å². The third kappa shape index (κ3) is 8.57. The van der Waals surface area contributed by atoms with E-state index in [0.717, 1.165) is 12.1 Å². The van der Waals surface area contributed by atoms with E-state index in [4.69, 9.17) is 14.2 Å². The van der Waals surface area contributed by atoms with Gasteiger partial charge in [-0.05, 0) is 60.7 Å². The Balaban J connectivity index is 1.39. The van der Waals surface area contributed by atoms with Crippen molar-refractivity contribution >= 4 is 29.2 Å². The number of rotatable bonds is 10. The molecule has 0 heterocycles. The van der Waals surface area contributed by atoms with Gasteiger partial charge in [-0.1, -0.05) is 12.1 Å². The number of nitrogens with one attached hydrogen (secondary N) is 2. The summed E-state index contributed by atoms with van der Waals surface area (Å²) in [6.07, 6.45) is -5.20. The first-order valence-electron chi connectivity index (χ1n) is 11.0. The Morgan fingerprint density at radius 1 is 0.757 bits per heavy atom. The first-order chi connectivity index (χ1) is 17.6. The number of carbonyl (C=O) groups excluding carboxylic acids is 3. The largest absolute Gasteiger partial charge is 0.497 e. The van der Waals surface area contributed by atoms with Crippen molar-refractivity contribution < 1.29 is 41.8 Å². The van der Waals surface area contributed by atoms with Crippen molar-refractivity contribution in [2.75, 3.05) is 24.4 Å². The van der Waals surface area contributed by atoms with Crippen molar-refractivity contribution in [1.29, 1.82) is 0 Å². The van der Waals surface area contributed by atoms with Crippen LogP contribution in [0.4, 0.5) is 24.5 Å². The number of hydrogen-bond donors (Lipinski definition) is 2. The molecule has 3 aromatic carbocycles. The summed E-state index contributed by atoms with van der Waals surface area (Å²) in [6.45, 7) is -0.789. The van der Waals surface area contributed by atoms with Gasteiger partial charge in [-0.15, -0.1) is 0 Å². The van der Waals surface area contributed by atoms with Gasteiger partial charge in [-0.3, -0.25) is 14.4 Å². The van der Waals surface area contributed by atoms with E-state index in [9.17, 15) is 27.6 Å². The van der Waals surface area contributed by atoms with E-state index in [0.29, 0.717) is 22.9 Å². The number of ether oxygens (including phenoxy) is 3. The molecule has 37 heavy (non-hydrogen) atoms. The SMILES string of the molecule is COc1ccc(Oc2ccc(NC(=O)CCC(=O)OCC(=O)Nc3ccccc3C(F)(F)F)cc2)cc1. The highest BCUT2D eigenvalue weighted by molar-refractivity contribution is 5.95. The molecule has 0 aliphatic carbocycles. The molecule has 0 fully saturated rings. The fraction of sp³-hybridized carbons (Fsp3) is 0.192. The number of esters is 1. The predicted molar refractivity (Wildman–Crippen MR) is 128 cm³/mol. The number of alkyl halides is 3. The summed E-state index contributed by atoms with van der Waals surface area (Å²) in [5.41, 5.74) is -0.995. The summed E-state index contributed by atoms with van der Waals surface area (Å²) < 4.78 is 54.5. The maximum absolute atomic E-state index is 13.0. The number of anilines is 2. The first kappa shape index (κ1) is 27.1. The lowest BCUT2D eigenvalue weighted by molar-refractivity contribution is -0.148. The van der Waals surface area contributed by atoms with Crippen LogP contribution in [0.1, 0.15) is 18.4 Å². The lowest BCUT2D eigenvalue weighted by atomic mass is 10.1. The van der Waals surface area contributed by atoms with E-state index in [1.54, 1.807) is 55.6 Å². The number of para-hydroxylation sites is 1. The van der Waals surface area contributed by atoms with Crippen LogP contribution < -0.4 is 20.1 Å². The van der Waals surface area contributed by atoms with Gasteiger partial charge in [0.1, 0.15) is 17.2 Å². The molecule has 2 N–H and O–H groups in total. The zero-order valence-corrected chi connectivity index (χ0v) is 19.6. The molecule has 0 radical (unpaired) electrons. The molecule has 11 heteroatoms. The second-order valence-electron chi connectivity index (χ2n) is 7.60. The maximum atomic E-state index is 13.0. The molecule has 3 rings (SSSR count). The van der Waals surface area contributed by atoms with Gasteiger partial charge in [-0.25, -0.2) is 0 Å². The van der Waals surface area contributed by atoms with Crippen LogP contribution >= 0.6 is 0 Å². The quantitative estimate of drug-likeness (QED) is 0.350. The zero-order valence-electron chi connectivity index (χ0n) is 19.6. The van der Waals surface area contributed by atoms with Crippen LogP contribution in [-0.4, -0.2) is 31.5 Å². The van der Waals surface area contributed by atoms with E-state index in [-0.39, 0.29) is 12.8 Å². The zero-order chi connectivity index (χ0) is 26.8. The van der Waals surface area contributed by atoms with Crippen LogP contribution in [0.25, 0.3) is 0 Å². The first-order valence-corrected chi connectivity index (χ1v) is 11.0. The van der Waals surface area contributed by atoms with Gasteiger partial charge < -0.3 is 24.8 Å². The smallest absolute Gasteiger partial charge is 0.418 e. The molecule has 0 atom stereocenters. The molecule has 2 amide bonds. The number of halogens is 3. The van der Waals surface area contributed by atoms with Crippen molar-refractivity contribution in [3.63, 3.8) is 0 Å². The highest BCUT2D eigenvalue weighted by Gasteiger charge is 2.33. The number of hydrogen-bond acceptors (Lipinski definition) is 6. The summed E-state index contributed by atoms with van der Waals surface area (Å²) in [5, 5.41) is 4.68. The third-order valence-electron chi connectivity index (χ3n) is 4.86. The Bertz CT molecular complexity index is 1230. The minimum atomic E-state index is -4.65. The van der Waals surface area contributed by atoms with Crippen LogP contribution in [-0.2, 0) is 25.3 Å². The lowest BCUT2D eigenvalue weighted by Gasteiger charge is -2.13. The second-order valence-corrected chi connectivity index (χ2v) is 7.60. The van der Waals surface area contributed by atoms with E-state index < -0.39 is 41.8 Å². The highest BCUT2D eigenvalue weighted by atomic mass is 19.4. The normalized spacial score (nSPS) is 10.8. The van der Waals surface area contributed by atoms with Gasteiger partial charge in [0, 0.05) is 12.1 Å². The Morgan fingerprint density at radius 2 is 1.35 bits per heavy atom. The minimum Gasteiger partial charge on any atom is -0.497 e. The van der Waals surface area contributed by atoms with E-state index in [1.807, 2.05) is 0 Å². The lowest BCUT2D eigenvalue weighted by Crippen LogP contribution is -2.23. The van der Waals surface area contributed by atoms with Crippen LogP contribution in [0.15, 0.2) is 72.8 Å². The average Bonchev–Trinajstić information content (AvgIpc) is 2.87. The van der Waals surface area contributed by atoms with Crippen molar-refractivity contribution in [2.45, 2.75) is 19.0 Å². The molecule has 8 nitrogen and oxygen atoms in total. The standard InChI is InChI=1S/C26H23F3N2O6/c1-35-18-10-12-20(13-11-18)37-19-8-6-17(7-9-19)30-23(32)14-15-25(34)36-16-24(33)31-22-5-3-2-4-21(22)26(27,28)29/h2-13H,14-16H2,1H3,(H,30,32)(H,31,33). The Morgan fingerprint density at radius 3 is 1.97 bits per heavy atom. The second kappa shape index (κ2) is 12.4. The van der Waals surface area contributed by atoms with Crippen LogP contribution in [0.2, 0.25) is 0 Å². The molecule has 3 aromatic rings. The molecule has 0 unspecified atom stereocenters. The van der Waals surface area contributed by atoms with Crippen LogP contribution in [0, 0.1) is 0 Å². The number of methoxy groups -OCH3 is 1. The van der Waals surface area contributed by atoms with Gasteiger partial charge in [0.05, 0.1) is 24.8 Å². The molecule has 0 spiro atoms. The summed E-state index contributed by atoms with van der Waals surface area (Å²) in [6, 6.07) is 18.0. The molecule has 0 saturated carbocycles. The Labute approximate surface area is 210 Å². The van der Waals surface area contributed by atoms with Crippen LogP contribution in [0.3, 0.4) is 0 Å². The van der Waals surface area contributed by atoms with Crippen molar-refractivity contribution in [2.24, 2.45) is 0 Å². The minimum absolute atomic E-state index is 0.221. The summed E-state index contributed by atoms with van der Waals surface area (Å²) in [5.74, 6) is -0.407. The summed E-state index contributed by atoms with van der Waals surface area (Å²) >= 11 is 0. The number of benzene rings is 3. The van der Waals surface area contributed by atoms with Gasteiger partial charge >= 0.3 is 12.1 Å². The van der Waals surface area contributed by atoms with E-state index >= 15 is 0 Å². The average molecular weight is 516 g/mol. The fourth-order valence-corrected chi connectivity index (χ4v) is 3.07. The van der Waals surface area contributed by atoms with E-state index in [1.165, 1.54) is 12.1 Å². The third-order valence-corrected chi connectivity index (χ3v) is 4.86. The van der Waals surface area contributed by atoms with Gasteiger partial charge in [-0.2, -0.15) is 13.2 Å². The van der Waals surface area contributed by atoms with Crippen molar-refractivity contribution in [3.05, 3.63) is 78.4 Å². The van der Waals surface area contributed by atoms with Gasteiger partial charge in [0.2, 0.25) is 5.91 Å². The number of carbonyl (C=O) groups is 3. The van der Waals surface area contributed by atoms with Crippen molar-refractivity contribution in [1.82, 2.24) is 0 Å². The van der Waals surface area contributed by atoms with Gasteiger partial charge in [0.25, 0.3) is 5.91 Å². The monoisotopic (exact) mass is 516 g/mol. The van der Waals surface area contributed by atoms with Crippen molar-refractivity contribution in [3.8, 4) is 17.2 Å². The van der Waals surface area contributed by atoms with Crippen LogP contribution in [0.5, 0.6) is 17.2 Å². The Kier molecular flexibility index (Phi) is 9.09. The topological polar surface area (TPSA) is 103 Å². The van der Waals surface area contributed by atoms with E-state index in [2.05, 4.69) is 10.6 Å². The molecule has 194 valence electrons.